The third-order valence-corrected chi connectivity index (χ3v) is 23.3. The summed E-state index contributed by atoms with van der Waals surface area (Å²) in [6.45, 7) is 32.0. The molecule has 680 valence electrons. The number of nitrogens with zero attached hydrogens (tertiary/aromatic N) is 10. The minimum Gasteiger partial charge on any atom is -0.260 e. The van der Waals surface area contributed by atoms with Gasteiger partial charge in [-0.1, -0.05) is 278 Å². The molecule has 0 aliphatic carbocycles. The Bertz CT molecular complexity index is 4900. The largest absolute Gasteiger partial charge is 0.260 e. The van der Waals surface area contributed by atoms with Gasteiger partial charge < -0.3 is 0 Å². The van der Waals surface area contributed by atoms with Gasteiger partial charge in [0.25, 0.3) is 0 Å². The summed E-state index contributed by atoms with van der Waals surface area (Å²) in [6, 6.07) is 75.5. The van der Waals surface area contributed by atoms with E-state index in [-0.39, 0.29) is 0 Å². The maximum Gasteiger partial charge on any atom is 0.159 e. The van der Waals surface area contributed by atoms with Crippen molar-refractivity contribution in [3.63, 3.8) is 0 Å². The summed E-state index contributed by atoms with van der Waals surface area (Å²) in [5, 5.41) is 15.3. The van der Waals surface area contributed by atoms with Crippen LogP contribution in [0.3, 0.4) is 0 Å². The summed E-state index contributed by atoms with van der Waals surface area (Å²) >= 11 is 0. The van der Waals surface area contributed by atoms with Crippen molar-refractivity contribution in [1.82, 2.24) is 49.8 Å². The third-order valence-electron chi connectivity index (χ3n) is 16.8. The van der Waals surface area contributed by atoms with Crippen molar-refractivity contribution in [2.24, 2.45) is 0 Å². The third kappa shape index (κ3) is 45.6. The Morgan fingerprint density at radius 1 is 0.180 bits per heavy atom. The van der Waals surface area contributed by atoms with Gasteiger partial charge in [-0.3, -0.25) is 29.9 Å². The van der Waals surface area contributed by atoms with Crippen molar-refractivity contribution in [2.75, 3.05) is 0 Å². The number of hydrogen-bond acceptors (Lipinski definition) is 10. The van der Waals surface area contributed by atoms with E-state index in [0.29, 0.717) is 0 Å². The average molecular weight is 2000 g/mol. The smallest absolute Gasteiger partial charge is 0.159 e. The highest BCUT2D eigenvalue weighted by Gasteiger charge is 2.06. The molecule has 26 heteroatoms. The molecule has 16 aromatic rings. The molecule has 16 unspecified atom stereocenters. The van der Waals surface area contributed by atoms with E-state index in [1.54, 1.807) is 12.4 Å². The minimum absolute atomic E-state index is 0.775. The second-order valence-corrected chi connectivity index (χ2v) is 33.7. The highest BCUT2D eigenvalue weighted by Crippen LogP contribution is 2.24. The van der Waals surface area contributed by atoms with Gasteiger partial charge in [0.1, 0.15) is 0 Å². The quantitative estimate of drug-likeness (QED) is 0.109. The van der Waals surface area contributed by atoms with E-state index in [9.17, 15) is 0 Å². The first-order valence-corrected chi connectivity index (χ1v) is 54.6. The zero-order valence-electron chi connectivity index (χ0n) is 77.9. The number of pyridine rings is 6. The normalized spacial score (nSPS) is 9.50. The van der Waals surface area contributed by atoms with E-state index < -0.39 is 0 Å². The van der Waals surface area contributed by atoms with Crippen molar-refractivity contribution in [3.8, 4) is 45.3 Å². The molecule has 0 amide bonds. The van der Waals surface area contributed by atoms with Gasteiger partial charge in [0.2, 0.25) is 0 Å². The molecule has 0 saturated carbocycles. The lowest BCUT2D eigenvalue weighted by atomic mass is 10.1. The van der Waals surface area contributed by atoms with Crippen LogP contribution in [0, 0.1) is 0 Å². The summed E-state index contributed by atoms with van der Waals surface area (Å²) in [5.41, 5.74) is 19.6. The fraction of sp³-hybridized carbons (Fsp3) is 0.235. The van der Waals surface area contributed by atoms with Crippen LogP contribution >= 0.6 is 148 Å². The Hall–Kier alpha value is -5.26. The Morgan fingerprint density at radius 2 is 0.500 bits per heavy atom. The topological polar surface area (TPSA) is 129 Å². The number of hydrogen-bond donors (Lipinski definition) is 0. The molecular formula is C102H142N10P16. The molecule has 0 fully saturated rings. The molecule has 0 N–H and O–H groups in total. The van der Waals surface area contributed by atoms with Gasteiger partial charge in [-0.05, 0) is 185 Å². The van der Waals surface area contributed by atoms with E-state index in [2.05, 4.69) is 386 Å². The van der Waals surface area contributed by atoms with Crippen LogP contribution in [0.1, 0.15) is 155 Å². The van der Waals surface area contributed by atoms with Crippen LogP contribution in [0.25, 0.3) is 88.6 Å². The van der Waals surface area contributed by atoms with Crippen molar-refractivity contribution in [1.29, 1.82) is 0 Å². The Morgan fingerprint density at radius 3 is 0.984 bits per heavy atom. The Kier molecular flexibility index (Phi) is 69.9. The lowest BCUT2D eigenvalue weighted by Gasteiger charge is -2.02. The Labute approximate surface area is 807 Å². The van der Waals surface area contributed by atoms with Gasteiger partial charge in [0.15, 0.2) is 11.6 Å². The molecule has 8 aromatic carbocycles. The predicted molar refractivity (Wildman–Crippen MR) is 634 cm³/mol. The number of benzene rings is 8. The molecule has 0 aliphatic rings. The van der Waals surface area contributed by atoms with Crippen LogP contribution in [0.2, 0.25) is 0 Å². The van der Waals surface area contributed by atoms with Crippen molar-refractivity contribution < 1.29 is 0 Å². The molecule has 0 bridgehead atoms. The lowest BCUT2D eigenvalue weighted by molar-refractivity contribution is 1.13. The highest BCUT2D eigenvalue weighted by atomic mass is 31.0. The van der Waals surface area contributed by atoms with Crippen molar-refractivity contribution in [2.45, 2.75) is 160 Å². The molecule has 0 radical (unpaired) electrons. The summed E-state index contributed by atoms with van der Waals surface area (Å²) in [5.74, 6) is 1.55. The first kappa shape index (κ1) is 121. The highest BCUT2D eigenvalue weighted by molar-refractivity contribution is 7.29. The molecule has 128 heavy (non-hydrogen) atoms. The van der Waals surface area contributed by atoms with E-state index in [4.69, 9.17) is 0 Å². The van der Waals surface area contributed by atoms with E-state index in [0.717, 1.165) is 133 Å². The first-order chi connectivity index (χ1) is 62.3. The average Bonchev–Trinajstić information content (AvgIpc) is 0.834. The van der Waals surface area contributed by atoms with E-state index in [1.165, 1.54) is 92.5 Å². The molecule has 8 heterocycles. The van der Waals surface area contributed by atoms with Crippen molar-refractivity contribution in [3.05, 3.63) is 325 Å². The van der Waals surface area contributed by atoms with Gasteiger partial charge in [0, 0.05) is 123 Å². The molecule has 16 rings (SSSR count). The molecule has 0 saturated heterocycles. The zero-order valence-corrected chi connectivity index (χ0v) is 96.4. The minimum atomic E-state index is 0.775. The number of rotatable bonds is 12. The van der Waals surface area contributed by atoms with E-state index >= 15 is 0 Å². The maximum atomic E-state index is 4.43. The number of aromatic nitrogens is 10. The zero-order chi connectivity index (χ0) is 95.7. The first-order valence-electron chi connectivity index (χ1n) is 43.5. The summed E-state index contributed by atoms with van der Waals surface area (Å²) in [7, 11) is 42.8. The van der Waals surface area contributed by atoms with Gasteiger partial charge >= 0.3 is 0 Å². The monoisotopic (exact) mass is 2000 g/mol. The molecular weight excluding hydrogens is 1860 g/mol. The molecule has 0 spiro atoms. The maximum absolute atomic E-state index is 4.43. The summed E-state index contributed by atoms with van der Waals surface area (Å²) < 4.78 is 0. The summed E-state index contributed by atoms with van der Waals surface area (Å²) in [6.07, 6.45) is 26.5. The second-order valence-electron chi connectivity index (χ2n) is 25.2. The van der Waals surface area contributed by atoms with E-state index in [1.807, 2.05) is 191 Å². The van der Waals surface area contributed by atoms with Crippen molar-refractivity contribution >= 4 is 234 Å². The van der Waals surface area contributed by atoms with Crippen LogP contribution in [-0.4, -0.2) is 49.8 Å². The molecule has 10 nitrogen and oxygen atoms in total. The van der Waals surface area contributed by atoms with Gasteiger partial charge in [-0.15, -0.1) is 139 Å². The molecule has 8 aromatic heterocycles. The van der Waals surface area contributed by atoms with Gasteiger partial charge in [-0.2, -0.15) is 0 Å². The Balaban J connectivity index is 0.000000715. The van der Waals surface area contributed by atoms with Crippen LogP contribution in [-0.2, 0) is 49.3 Å². The van der Waals surface area contributed by atoms with Gasteiger partial charge in [0.05, 0.1) is 27.9 Å². The number of fused-ring (bicyclic) bond motifs is 4. The second kappa shape index (κ2) is 74.1. The fourth-order valence-corrected chi connectivity index (χ4v) is 14.2. The van der Waals surface area contributed by atoms with Crippen LogP contribution < -0.4 is 42.6 Å². The SMILES string of the molecule is CC.CC.CC.CC.CC.CC.CC.CC.PCc1cc2ccc(P)cc2cn1.PCc1ccc(-c2ccc(P)cc2)nc1.PCc1ccc(-c2ccc(P)cn2)cc1.PCc1ccc(-c2ncc(P)cn2)cc1.PCc1ccc2cc(P)cnc2c1.PCc1ccc2cc(P)ncc2c1.PCc1cnc(-c2ccc(P)cc2)nc1.PCc1cnc2cc(P)ccc2c1. The molecule has 16 atom stereocenters. The van der Waals surface area contributed by atoms with Crippen LogP contribution in [0.4, 0.5) is 0 Å². The van der Waals surface area contributed by atoms with Gasteiger partial charge in [-0.25, -0.2) is 19.9 Å². The predicted octanol–water partition coefficient (Wildman–Crippen LogP) is 25.9. The van der Waals surface area contributed by atoms with Crippen LogP contribution in [0.5, 0.6) is 0 Å². The molecule has 0 aliphatic heterocycles. The lowest BCUT2D eigenvalue weighted by Crippen LogP contribution is -1.96. The summed E-state index contributed by atoms with van der Waals surface area (Å²) in [4.78, 5) is 43.3. The fourth-order valence-electron chi connectivity index (χ4n) is 10.5. The van der Waals surface area contributed by atoms with Crippen LogP contribution in [0.15, 0.2) is 280 Å². The standard InChI is InChI=1S/2C12H13NP2.2C11H12N2P2.4C10H11NP2.8C2H6/c14-8-9-1-6-12(13-7-9)10-2-4-11(15)5-3-10;14-8-9-1-3-10(4-2-9)12-6-5-11(15)7-13-12;14-7-8-5-12-11(13-6-8)9-1-3-10(15)4-2-9;14-7-8-1-3-9(4-2-8)11-12-5-10(15)6-13-11;12-6-7-3-8-1-2-9(13)4-10(8)11-5-7;12-6-9-3-7-1-2-10(13)4-8(7)5-11-9;12-6-7-1-2-8-4-9(13)5-11-10(8)3-7;12-6-7-1-2-8-4-10(13)11-5-9(8)3-7;8*1-2/h2*1-7H,8,14-15H2;2*1-6H,7,14-15H2;4*1-5H,6,12-13H2;8*1-2H3.